The van der Waals surface area contributed by atoms with Crippen molar-refractivity contribution >= 4 is 35.2 Å². The van der Waals surface area contributed by atoms with Gasteiger partial charge in [-0.3, -0.25) is 0 Å². The van der Waals surface area contributed by atoms with Gasteiger partial charge in [-0.1, -0.05) is 23.7 Å². The van der Waals surface area contributed by atoms with Gasteiger partial charge in [0.05, 0.1) is 0 Å². The van der Waals surface area contributed by atoms with Gasteiger partial charge < -0.3 is 10.0 Å². The topological polar surface area (TPSA) is 66.2 Å². The van der Waals surface area contributed by atoms with Crippen LogP contribution in [-0.2, 0) is 0 Å². The summed E-state index contributed by atoms with van der Waals surface area (Å²) in [6.45, 7) is 0. The minimum absolute atomic E-state index is 0.449. The average Bonchev–Trinajstić information content (AvgIpc) is 2.48. The third-order valence-corrected chi connectivity index (χ3v) is 2.80. The van der Waals surface area contributed by atoms with Gasteiger partial charge in [-0.2, -0.15) is 0 Å². The molecule has 0 aliphatic carbocycles. The normalized spacial score (nSPS) is 9.75. The molecular weight excluding hydrogens is 274 g/mol. The lowest BCUT2D eigenvalue weighted by atomic mass is 9.81. The predicted molar refractivity (Wildman–Crippen MR) is 80.8 cm³/mol. The van der Waals surface area contributed by atoms with Crippen molar-refractivity contribution in [2.75, 3.05) is 0 Å². The molecule has 2 aromatic heterocycles. The Morgan fingerprint density at radius 3 is 1.85 bits per heavy atom. The molecule has 20 heavy (non-hydrogen) atoms. The maximum Gasteiger partial charge on any atom is 0.488 e. The van der Waals surface area contributed by atoms with Crippen LogP contribution < -0.4 is 5.46 Å². The van der Waals surface area contributed by atoms with E-state index >= 15 is 0 Å². The molecule has 0 bridgehead atoms. The molecule has 0 amide bonds. The minimum atomic E-state index is -1.41. The van der Waals surface area contributed by atoms with Crippen LogP contribution in [0.4, 0.5) is 0 Å². The lowest BCUT2D eigenvalue weighted by Crippen LogP contribution is -2.29. The molecule has 6 heteroatoms. The van der Waals surface area contributed by atoms with Gasteiger partial charge in [-0.05, 0) is 41.9 Å². The summed E-state index contributed by atoms with van der Waals surface area (Å²) in [6, 6.07) is 14.1. The van der Waals surface area contributed by atoms with Crippen molar-refractivity contribution in [2.24, 2.45) is 0 Å². The highest BCUT2D eigenvalue weighted by Crippen LogP contribution is 2.04. The first kappa shape index (κ1) is 14.5. The maximum atomic E-state index is 8.63. The SMILES string of the molecule is OB(O)c1ccc(Cl)cc1.c1cnc2ncccc2c1. The highest BCUT2D eigenvalue weighted by Gasteiger charge is 2.08. The van der Waals surface area contributed by atoms with E-state index < -0.39 is 7.12 Å². The second-order valence-electron chi connectivity index (χ2n) is 3.98. The number of fused-ring (bicyclic) bond motifs is 1. The summed E-state index contributed by atoms with van der Waals surface area (Å²) < 4.78 is 0. The third kappa shape index (κ3) is 4.03. The number of halogens is 1. The monoisotopic (exact) mass is 286 g/mol. The molecule has 0 unspecified atom stereocenters. The highest BCUT2D eigenvalue weighted by atomic mass is 35.5. The van der Waals surface area contributed by atoms with Crippen LogP contribution in [0.5, 0.6) is 0 Å². The van der Waals surface area contributed by atoms with E-state index in [1.165, 1.54) is 0 Å². The van der Waals surface area contributed by atoms with Crippen LogP contribution in [0.2, 0.25) is 5.02 Å². The lowest BCUT2D eigenvalue weighted by Gasteiger charge is -1.96. The average molecular weight is 287 g/mol. The fourth-order valence-electron chi connectivity index (χ4n) is 1.54. The number of aromatic nitrogens is 2. The minimum Gasteiger partial charge on any atom is -0.423 e. The Morgan fingerprint density at radius 2 is 1.40 bits per heavy atom. The number of hydrogen-bond acceptors (Lipinski definition) is 4. The third-order valence-electron chi connectivity index (χ3n) is 2.54. The molecule has 0 atom stereocenters. The van der Waals surface area contributed by atoms with Gasteiger partial charge in [-0.15, -0.1) is 0 Å². The molecule has 0 fully saturated rings. The van der Waals surface area contributed by atoms with Crippen LogP contribution in [-0.4, -0.2) is 27.1 Å². The molecule has 2 heterocycles. The van der Waals surface area contributed by atoms with E-state index in [1.54, 1.807) is 36.7 Å². The summed E-state index contributed by atoms with van der Waals surface area (Å²) in [7, 11) is -1.41. The van der Waals surface area contributed by atoms with E-state index in [2.05, 4.69) is 9.97 Å². The smallest absolute Gasteiger partial charge is 0.423 e. The Labute approximate surface area is 121 Å². The zero-order valence-electron chi connectivity index (χ0n) is 10.5. The molecule has 100 valence electrons. The van der Waals surface area contributed by atoms with Crippen molar-refractivity contribution in [3.8, 4) is 0 Å². The zero-order valence-corrected chi connectivity index (χ0v) is 11.3. The van der Waals surface area contributed by atoms with Gasteiger partial charge in [0.2, 0.25) is 0 Å². The fraction of sp³-hybridized carbons (Fsp3) is 0. The van der Waals surface area contributed by atoms with Gasteiger partial charge >= 0.3 is 7.12 Å². The molecule has 0 spiro atoms. The van der Waals surface area contributed by atoms with E-state index in [0.29, 0.717) is 10.5 Å². The molecule has 0 saturated carbocycles. The van der Waals surface area contributed by atoms with Crippen LogP contribution in [0.3, 0.4) is 0 Å². The molecule has 3 aromatic rings. The first-order valence-electron chi connectivity index (χ1n) is 5.94. The Kier molecular flexibility index (Phi) is 5.06. The van der Waals surface area contributed by atoms with Crippen molar-refractivity contribution < 1.29 is 10.0 Å². The second kappa shape index (κ2) is 7.00. The van der Waals surface area contributed by atoms with Crippen LogP contribution in [0.15, 0.2) is 60.9 Å². The molecule has 3 rings (SSSR count). The fourth-order valence-corrected chi connectivity index (χ4v) is 1.67. The maximum absolute atomic E-state index is 8.63. The number of rotatable bonds is 1. The van der Waals surface area contributed by atoms with E-state index in [4.69, 9.17) is 21.6 Å². The molecule has 0 aliphatic rings. The highest BCUT2D eigenvalue weighted by molar-refractivity contribution is 6.58. The second-order valence-corrected chi connectivity index (χ2v) is 4.42. The quantitative estimate of drug-likeness (QED) is 0.668. The molecule has 0 saturated heterocycles. The largest absolute Gasteiger partial charge is 0.488 e. The van der Waals surface area contributed by atoms with Crippen LogP contribution in [0.1, 0.15) is 0 Å². The van der Waals surface area contributed by atoms with Gasteiger partial charge in [0.25, 0.3) is 0 Å². The molecule has 1 aromatic carbocycles. The number of hydrogen-bond donors (Lipinski definition) is 2. The first-order valence-corrected chi connectivity index (χ1v) is 6.32. The van der Waals surface area contributed by atoms with Crippen LogP contribution in [0.25, 0.3) is 11.0 Å². The summed E-state index contributed by atoms with van der Waals surface area (Å²) >= 11 is 5.55. The van der Waals surface area contributed by atoms with E-state index in [1.807, 2.05) is 24.3 Å². The van der Waals surface area contributed by atoms with Crippen molar-refractivity contribution in [1.29, 1.82) is 0 Å². The van der Waals surface area contributed by atoms with Gasteiger partial charge in [0.15, 0.2) is 5.65 Å². The molecule has 4 nitrogen and oxygen atoms in total. The molecular formula is C14H12BClN2O2. The van der Waals surface area contributed by atoms with E-state index in [9.17, 15) is 0 Å². The first-order chi connectivity index (χ1) is 9.66. The zero-order chi connectivity index (χ0) is 14.4. The van der Waals surface area contributed by atoms with Gasteiger partial charge in [0, 0.05) is 22.8 Å². The van der Waals surface area contributed by atoms with Crippen molar-refractivity contribution in [1.82, 2.24) is 9.97 Å². The van der Waals surface area contributed by atoms with Crippen LogP contribution >= 0.6 is 11.6 Å². The van der Waals surface area contributed by atoms with Crippen molar-refractivity contribution in [3.63, 3.8) is 0 Å². The predicted octanol–water partition coefficient (Wildman–Crippen LogP) is 1.65. The van der Waals surface area contributed by atoms with Gasteiger partial charge in [0.1, 0.15) is 0 Å². The lowest BCUT2D eigenvalue weighted by molar-refractivity contribution is 0.426. The van der Waals surface area contributed by atoms with Crippen molar-refractivity contribution in [3.05, 3.63) is 65.9 Å². The van der Waals surface area contributed by atoms with E-state index in [-0.39, 0.29) is 0 Å². The number of nitrogens with zero attached hydrogens (tertiary/aromatic N) is 2. The number of pyridine rings is 2. The van der Waals surface area contributed by atoms with Gasteiger partial charge in [-0.25, -0.2) is 9.97 Å². The summed E-state index contributed by atoms with van der Waals surface area (Å²) in [5.74, 6) is 0. The van der Waals surface area contributed by atoms with Crippen LogP contribution in [0, 0.1) is 0 Å². The Bertz CT molecular complexity index is 612. The van der Waals surface area contributed by atoms with Crippen molar-refractivity contribution in [2.45, 2.75) is 0 Å². The Hall–Kier alpha value is -1.95. The Balaban J connectivity index is 0.000000147. The molecule has 0 aliphatic heterocycles. The summed E-state index contributed by atoms with van der Waals surface area (Å²) in [4.78, 5) is 8.14. The molecule has 2 N–H and O–H groups in total. The molecule has 0 radical (unpaired) electrons. The van der Waals surface area contributed by atoms with E-state index in [0.717, 1.165) is 11.0 Å². The number of benzene rings is 1. The standard InChI is InChI=1S/C8H6N2.C6H6BClO2/c1-3-7-4-2-6-10-8(7)9-5-1;8-6-3-1-5(2-4-6)7(9)10/h1-6H;1-4,9-10H. The summed E-state index contributed by atoms with van der Waals surface area (Å²) in [5, 5.41) is 18.9. The summed E-state index contributed by atoms with van der Waals surface area (Å²) in [5.41, 5.74) is 1.26. The Morgan fingerprint density at radius 1 is 0.850 bits per heavy atom. The summed E-state index contributed by atoms with van der Waals surface area (Å²) in [6.07, 6.45) is 3.49.